The van der Waals surface area contributed by atoms with Crippen LogP contribution in [0.2, 0.25) is 0 Å². The molecule has 0 saturated heterocycles. The van der Waals surface area contributed by atoms with Crippen molar-refractivity contribution in [3.05, 3.63) is 0 Å². The standard InChI is InChI=1S/C42H78N2O3/c1-3-5-7-9-11-13-15-17-20-24-28-44(29-25-21-18-16-14-12-10-8-6-4-2)30-26-22-19-23-27-43-40(45)39-38-32-36-31-37(33-38)35-42(39,34-36)41(46)47/h36-39H,3-35H2,1-2H3,(H,43,45)(H,46,47). The summed E-state index contributed by atoms with van der Waals surface area (Å²) >= 11 is 0. The molecule has 47 heavy (non-hydrogen) atoms. The highest BCUT2D eigenvalue weighted by molar-refractivity contribution is 5.88. The highest BCUT2D eigenvalue weighted by atomic mass is 16.4. The molecule has 2 N–H and O–H groups in total. The van der Waals surface area contributed by atoms with Gasteiger partial charge in [0.1, 0.15) is 0 Å². The molecule has 0 aromatic carbocycles. The Morgan fingerprint density at radius 3 is 1.36 bits per heavy atom. The van der Waals surface area contributed by atoms with Gasteiger partial charge in [0.05, 0.1) is 11.3 Å². The van der Waals surface area contributed by atoms with E-state index in [-0.39, 0.29) is 17.7 Å². The maximum absolute atomic E-state index is 13.3. The fourth-order valence-electron chi connectivity index (χ4n) is 9.93. The van der Waals surface area contributed by atoms with Gasteiger partial charge in [0.25, 0.3) is 0 Å². The summed E-state index contributed by atoms with van der Waals surface area (Å²) in [6.45, 7) is 9.04. The molecule has 0 radical (unpaired) electrons. The van der Waals surface area contributed by atoms with Gasteiger partial charge in [0.15, 0.2) is 0 Å². The number of hydrogen-bond donors (Lipinski definition) is 2. The monoisotopic (exact) mass is 659 g/mol. The Morgan fingerprint density at radius 1 is 0.574 bits per heavy atom. The molecule has 4 bridgehead atoms. The molecular formula is C42H78N2O3. The van der Waals surface area contributed by atoms with Crippen molar-refractivity contribution >= 4 is 11.9 Å². The minimum absolute atomic E-state index is 0.0374. The minimum Gasteiger partial charge on any atom is -0.481 e. The summed E-state index contributed by atoms with van der Waals surface area (Å²) in [7, 11) is 0. The Hall–Kier alpha value is -1.10. The van der Waals surface area contributed by atoms with E-state index in [4.69, 9.17) is 0 Å². The number of nitrogens with zero attached hydrogens (tertiary/aromatic N) is 1. The molecular weight excluding hydrogens is 580 g/mol. The summed E-state index contributed by atoms with van der Waals surface area (Å²) in [5, 5.41) is 13.4. The molecule has 0 aromatic heterocycles. The predicted molar refractivity (Wildman–Crippen MR) is 199 cm³/mol. The van der Waals surface area contributed by atoms with E-state index in [1.165, 1.54) is 167 Å². The molecule has 0 spiro atoms. The van der Waals surface area contributed by atoms with Gasteiger partial charge in [0, 0.05) is 6.54 Å². The lowest BCUT2D eigenvalue weighted by molar-refractivity contribution is -0.182. The van der Waals surface area contributed by atoms with E-state index in [0.29, 0.717) is 18.4 Å². The average Bonchev–Trinajstić information content (AvgIpc) is 3.05. The van der Waals surface area contributed by atoms with E-state index in [9.17, 15) is 14.7 Å². The van der Waals surface area contributed by atoms with E-state index in [1.807, 2.05) is 0 Å². The van der Waals surface area contributed by atoms with Gasteiger partial charge in [-0.1, -0.05) is 142 Å². The van der Waals surface area contributed by atoms with Crippen molar-refractivity contribution in [2.75, 3.05) is 26.2 Å². The van der Waals surface area contributed by atoms with Crippen molar-refractivity contribution in [2.24, 2.45) is 29.1 Å². The minimum atomic E-state index is -0.787. The molecule has 3 unspecified atom stereocenters. The molecule has 274 valence electrons. The molecule has 4 aliphatic rings. The van der Waals surface area contributed by atoms with Crippen molar-refractivity contribution < 1.29 is 14.7 Å². The number of aliphatic carboxylic acids is 1. The first-order chi connectivity index (χ1) is 23.0. The largest absolute Gasteiger partial charge is 0.481 e. The van der Waals surface area contributed by atoms with Crippen LogP contribution < -0.4 is 5.32 Å². The molecule has 1 amide bonds. The van der Waals surface area contributed by atoms with Gasteiger partial charge in [-0.15, -0.1) is 0 Å². The van der Waals surface area contributed by atoms with Gasteiger partial charge in [-0.25, -0.2) is 0 Å². The predicted octanol–water partition coefficient (Wildman–Crippen LogP) is 11.3. The summed E-state index contributed by atoms with van der Waals surface area (Å²) in [5.74, 6) is 0.365. The van der Waals surface area contributed by atoms with Gasteiger partial charge >= 0.3 is 5.97 Å². The lowest BCUT2D eigenvalue weighted by atomic mass is 9.45. The highest BCUT2D eigenvalue weighted by Crippen LogP contribution is 2.63. The SMILES string of the molecule is CCCCCCCCCCCCN(CCCCCCCCCCCC)CCCCCCNC(=O)C1C2CC3CC(C2)CC1(C(=O)O)C3. The number of unbranched alkanes of at least 4 members (excludes halogenated alkanes) is 21. The lowest BCUT2D eigenvalue weighted by Crippen LogP contribution is -2.60. The van der Waals surface area contributed by atoms with E-state index < -0.39 is 11.4 Å². The van der Waals surface area contributed by atoms with Crippen molar-refractivity contribution in [2.45, 2.75) is 200 Å². The zero-order valence-corrected chi connectivity index (χ0v) is 31.4. The van der Waals surface area contributed by atoms with Gasteiger partial charge in [-0.05, 0) is 95.2 Å². The second-order valence-corrected chi connectivity index (χ2v) is 16.5. The van der Waals surface area contributed by atoms with Crippen LogP contribution in [-0.4, -0.2) is 48.1 Å². The number of carbonyl (C=O) groups is 2. The van der Waals surface area contributed by atoms with Crippen LogP contribution in [0.3, 0.4) is 0 Å². The van der Waals surface area contributed by atoms with Gasteiger partial charge in [0.2, 0.25) is 5.91 Å². The zero-order chi connectivity index (χ0) is 33.6. The van der Waals surface area contributed by atoms with Crippen LogP contribution in [0.5, 0.6) is 0 Å². The van der Waals surface area contributed by atoms with E-state index in [0.717, 1.165) is 38.5 Å². The summed E-state index contributed by atoms with van der Waals surface area (Å²) in [4.78, 5) is 28.5. The van der Waals surface area contributed by atoms with Crippen molar-refractivity contribution in [3.8, 4) is 0 Å². The van der Waals surface area contributed by atoms with E-state index in [2.05, 4.69) is 24.1 Å². The third-order valence-electron chi connectivity index (χ3n) is 12.4. The summed E-state index contributed by atoms with van der Waals surface area (Å²) in [6.07, 6.45) is 37.4. The van der Waals surface area contributed by atoms with Crippen LogP contribution in [-0.2, 0) is 9.59 Å². The molecule has 4 saturated carbocycles. The van der Waals surface area contributed by atoms with Crippen molar-refractivity contribution in [3.63, 3.8) is 0 Å². The maximum atomic E-state index is 13.3. The molecule has 4 aliphatic carbocycles. The number of carboxylic acids is 1. The Labute approximate surface area is 291 Å². The van der Waals surface area contributed by atoms with Crippen molar-refractivity contribution in [1.82, 2.24) is 10.2 Å². The first-order valence-electron chi connectivity index (χ1n) is 21.2. The first kappa shape index (κ1) is 40.3. The van der Waals surface area contributed by atoms with E-state index in [1.54, 1.807) is 0 Å². The average molecular weight is 659 g/mol. The summed E-state index contributed by atoms with van der Waals surface area (Å²) in [5.41, 5.74) is -0.787. The Kier molecular flexibility index (Phi) is 20.7. The Bertz CT molecular complexity index is 793. The molecule has 5 nitrogen and oxygen atoms in total. The van der Waals surface area contributed by atoms with Gasteiger partial charge in [-0.3, -0.25) is 9.59 Å². The highest BCUT2D eigenvalue weighted by Gasteiger charge is 2.63. The number of amides is 1. The topological polar surface area (TPSA) is 69.6 Å². The number of carboxylic acid groups (broad SMARTS) is 1. The first-order valence-corrected chi connectivity index (χ1v) is 21.2. The summed E-state index contributed by atoms with van der Waals surface area (Å²) in [6, 6.07) is 0. The third kappa shape index (κ3) is 14.7. The maximum Gasteiger partial charge on any atom is 0.310 e. The fraction of sp³-hybridized carbons (Fsp3) is 0.952. The molecule has 0 heterocycles. The number of hydrogen-bond acceptors (Lipinski definition) is 3. The number of nitrogens with one attached hydrogen (secondary N) is 1. The molecule has 0 aromatic rings. The van der Waals surface area contributed by atoms with Crippen LogP contribution in [0, 0.1) is 29.1 Å². The fourth-order valence-corrected chi connectivity index (χ4v) is 9.93. The number of carbonyl (C=O) groups excluding carboxylic acids is 1. The Balaban J connectivity index is 1.27. The van der Waals surface area contributed by atoms with E-state index >= 15 is 0 Å². The van der Waals surface area contributed by atoms with Crippen LogP contribution in [0.15, 0.2) is 0 Å². The van der Waals surface area contributed by atoms with Crippen LogP contribution >= 0.6 is 0 Å². The molecule has 4 fully saturated rings. The van der Waals surface area contributed by atoms with Crippen molar-refractivity contribution in [1.29, 1.82) is 0 Å². The second kappa shape index (κ2) is 24.1. The molecule has 5 heteroatoms. The number of rotatable bonds is 31. The third-order valence-corrected chi connectivity index (χ3v) is 12.4. The lowest BCUT2D eigenvalue weighted by Gasteiger charge is -2.58. The van der Waals surface area contributed by atoms with Gasteiger partial charge < -0.3 is 15.3 Å². The zero-order valence-electron chi connectivity index (χ0n) is 31.4. The second-order valence-electron chi connectivity index (χ2n) is 16.5. The normalized spacial score (nSPS) is 24.7. The van der Waals surface area contributed by atoms with Crippen LogP contribution in [0.1, 0.15) is 200 Å². The smallest absolute Gasteiger partial charge is 0.310 e. The summed E-state index contributed by atoms with van der Waals surface area (Å²) < 4.78 is 0. The van der Waals surface area contributed by atoms with Crippen LogP contribution in [0.4, 0.5) is 0 Å². The molecule has 4 rings (SSSR count). The molecule has 3 atom stereocenters. The Morgan fingerprint density at radius 2 is 0.957 bits per heavy atom. The van der Waals surface area contributed by atoms with Gasteiger partial charge in [-0.2, -0.15) is 0 Å². The quantitative estimate of drug-likeness (QED) is 0.0727. The van der Waals surface area contributed by atoms with Crippen LogP contribution in [0.25, 0.3) is 0 Å². The molecule has 0 aliphatic heterocycles.